The molecule has 0 aliphatic rings. The minimum absolute atomic E-state index is 0.00995. The van der Waals surface area contributed by atoms with Crippen molar-refractivity contribution in [3.05, 3.63) is 42.3 Å². The summed E-state index contributed by atoms with van der Waals surface area (Å²) >= 11 is 0. The van der Waals surface area contributed by atoms with Gasteiger partial charge in [-0.15, -0.1) is 5.10 Å². The van der Waals surface area contributed by atoms with Crippen molar-refractivity contribution in [3.8, 4) is 11.4 Å². The van der Waals surface area contributed by atoms with Crippen molar-refractivity contribution in [2.24, 2.45) is 0 Å². The molecule has 3 aromatic rings. The molecule has 0 spiro atoms. The molecule has 0 fully saturated rings. The van der Waals surface area contributed by atoms with Gasteiger partial charge in [0.05, 0.1) is 6.20 Å². The first-order valence-electron chi connectivity index (χ1n) is 7.46. The van der Waals surface area contributed by atoms with Gasteiger partial charge in [-0.3, -0.25) is 4.98 Å². The number of pyridine rings is 1. The van der Waals surface area contributed by atoms with Crippen molar-refractivity contribution in [2.75, 3.05) is 0 Å². The van der Waals surface area contributed by atoms with Gasteiger partial charge in [-0.05, 0) is 26.0 Å². The van der Waals surface area contributed by atoms with Crippen LogP contribution in [0.3, 0.4) is 0 Å². The topological polar surface area (TPSA) is 82.5 Å². The Morgan fingerprint density at radius 1 is 1.09 bits per heavy atom. The summed E-state index contributed by atoms with van der Waals surface area (Å²) in [6, 6.07) is 3.96. The number of nitrogens with zero attached hydrogens (tertiary/aromatic N) is 6. The highest BCUT2D eigenvalue weighted by Gasteiger charge is 2.31. The van der Waals surface area contributed by atoms with Crippen LogP contribution in [-0.4, -0.2) is 30.1 Å². The van der Waals surface area contributed by atoms with Crippen molar-refractivity contribution < 1.29 is 4.52 Å². The van der Waals surface area contributed by atoms with E-state index < -0.39 is 5.54 Å². The second-order valence-corrected chi connectivity index (χ2v) is 7.01. The van der Waals surface area contributed by atoms with Crippen LogP contribution >= 0.6 is 0 Å². The Balaban J connectivity index is 1.90. The van der Waals surface area contributed by atoms with E-state index in [9.17, 15) is 0 Å². The Kier molecular flexibility index (Phi) is 3.50. The molecule has 120 valence electrons. The molecule has 3 heterocycles. The van der Waals surface area contributed by atoms with Crippen LogP contribution in [0.15, 0.2) is 35.2 Å². The van der Waals surface area contributed by atoms with Gasteiger partial charge >= 0.3 is 0 Å². The van der Waals surface area contributed by atoms with Gasteiger partial charge in [0.2, 0.25) is 5.82 Å². The molecular formula is C16H20N6O. The molecule has 23 heavy (non-hydrogen) atoms. The predicted octanol–water partition coefficient (Wildman–Crippen LogP) is 2.80. The molecule has 0 aliphatic carbocycles. The van der Waals surface area contributed by atoms with Crippen LogP contribution < -0.4 is 0 Å². The Bertz CT molecular complexity index is 781. The summed E-state index contributed by atoms with van der Waals surface area (Å²) in [5, 5.41) is 11.9. The summed E-state index contributed by atoms with van der Waals surface area (Å²) in [4.78, 5) is 8.99. The molecular weight excluding hydrogens is 292 g/mol. The van der Waals surface area contributed by atoms with Gasteiger partial charge in [0.25, 0.3) is 5.89 Å². The molecule has 7 heteroatoms. The van der Waals surface area contributed by atoms with E-state index in [2.05, 4.69) is 46.2 Å². The molecule has 0 saturated carbocycles. The fourth-order valence-electron chi connectivity index (χ4n) is 2.16. The third kappa shape index (κ3) is 2.86. The third-order valence-electron chi connectivity index (χ3n) is 3.73. The lowest BCUT2D eigenvalue weighted by atomic mass is 9.91. The Labute approximate surface area is 134 Å². The minimum Gasteiger partial charge on any atom is -0.336 e. The van der Waals surface area contributed by atoms with Crippen LogP contribution in [0.1, 0.15) is 46.2 Å². The van der Waals surface area contributed by atoms with Crippen LogP contribution in [0, 0.1) is 0 Å². The lowest BCUT2D eigenvalue weighted by Crippen LogP contribution is -2.28. The molecule has 0 amide bonds. The van der Waals surface area contributed by atoms with Gasteiger partial charge in [0.15, 0.2) is 0 Å². The van der Waals surface area contributed by atoms with Crippen molar-refractivity contribution >= 4 is 0 Å². The Hall–Kier alpha value is -2.57. The van der Waals surface area contributed by atoms with Crippen LogP contribution in [0.4, 0.5) is 0 Å². The fraction of sp³-hybridized carbons (Fsp3) is 0.438. The van der Waals surface area contributed by atoms with E-state index in [-0.39, 0.29) is 5.41 Å². The van der Waals surface area contributed by atoms with Crippen molar-refractivity contribution in [2.45, 2.75) is 45.6 Å². The van der Waals surface area contributed by atoms with E-state index in [4.69, 9.17) is 4.52 Å². The van der Waals surface area contributed by atoms with Crippen LogP contribution in [0.25, 0.3) is 11.4 Å². The van der Waals surface area contributed by atoms with E-state index in [0.29, 0.717) is 11.7 Å². The zero-order chi connectivity index (χ0) is 16.7. The summed E-state index contributed by atoms with van der Waals surface area (Å²) in [5.41, 5.74) is 1.28. The molecule has 0 aromatic carbocycles. The molecule has 0 bridgehead atoms. The van der Waals surface area contributed by atoms with Crippen LogP contribution in [0.5, 0.6) is 0 Å². The maximum atomic E-state index is 5.43. The van der Waals surface area contributed by atoms with E-state index in [1.165, 1.54) is 0 Å². The Morgan fingerprint density at radius 3 is 2.43 bits per heavy atom. The molecule has 0 radical (unpaired) electrons. The summed E-state index contributed by atoms with van der Waals surface area (Å²) in [6.07, 6.45) is 5.16. The van der Waals surface area contributed by atoms with E-state index >= 15 is 0 Å². The van der Waals surface area contributed by atoms with E-state index in [0.717, 1.165) is 11.3 Å². The number of aromatic nitrogens is 6. The molecule has 3 aromatic heterocycles. The average Bonchev–Trinajstić information content (AvgIpc) is 3.18. The van der Waals surface area contributed by atoms with Gasteiger partial charge < -0.3 is 4.52 Å². The largest absolute Gasteiger partial charge is 0.336 e. The minimum atomic E-state index is -0.569. The summed E-state index contributed by atoms with van der Waals surface area (Å²) < 4.78 is 7.11. The lowest BCUT2D eigenvalue weighted by molar-refractivity contribution is 0.258. The molecule has 7 nitrogen and oxygen atoms in total. The van der Waals surface area contributed by atoms with Crippen molar-refractivity contribution in [3.63, 3.8) is 0 Å². The Morgan fingerprint density at radius 2 is 1.87 bits per heavy atom. The monoisotopic (exact) mass is 312 g/mol. The maximum Gasteiger partial charge on any atom is 0.254 e. The van der Waals surface area contributed by atoms with Crippen molar-refractivity contribution in [1.29, 1.82) is 0 Å². The zero-order valence-electron chi connectivity index (χ0n) is 14.0. The standard InChI is InChI=1S/C16H20N6O/c1-15(2,3)12-7-6-11(10-17-12)13-19-14(23-20-13)16(4,5)22-9-8-18-21-22/h6-10H,1-5H3. The highest BCUT2D eigenvalue weighted by Crippen LogP contribution is 2.26. The number of hydrogen-bond acceptors (Lipinski definition) is 6. The van der Waals surface area contributed by atoms with Gasteiger partial charge in [-0.2, -0.15) is 4.98 Å². The van der Waals surface area contributed by atoms with Gasteiger partial charge in [0, 0.05) is 29.1 Å². The van der Waals surface area contributed by atoms with E-state index in [1.807, 2.05) is 26.0 Å². The third-order valence-corrected chi connectivity index (χ3v) is 3.73. The molecule has 0 saturated heterocycles. The fourth-order valence-corrected chi connectivity index (χ4v) is 2.16. The normalized spacial score (nSPS) is 12.6. The highest BCUT2D eigenvalue weighted by atomic mass is 16.5. The average molecular weight is 312 g/mol. The molecule has 0 unspecified atom stereocenters. The maximum absolute atomic E-state index is 5.43. The lowest BCUT2D eigenvalue weighted by Gasteiger charge is -2.19. The molecule has 0 atom stereocenters. The van der Waals surface area contributed by atoms with Gasteiger partial charge in [-0.25, -0.2) is 4.68 Å². The first-order valence-corrected chi connectivity index (χ1v) is 7.46. The zero-order valence-corrected chi connectivity index (χ0v) is 14.0. The second-order valence-electron chi connectivity index (χ2n) is 7.01. The van der Waals surface area contributed by atoms with Gasteiger partial charge in [0.1, 0.15) is 5.54 Å². The first-order chi connectivity index (χ1) is 10.8. The highest BCUT2D eigenvalue weighted by molar-refractivity contribution is 5.53. The quantitative estimate of drug-likeness (QED) is 0.739. The van der Waals surface area contributed by atoms with Crippen LogP contribution in [0.2, 0.25) is 0 Å². The molecule has 0 N–H and O–H groups in total. The first kappa shape index (κ1) is 15.3. The summed E-state index contributed by atoms with van der Waals surface area (Å²) in [7, 11) is 0. The molecule has 0 aliphatic heterocycles. The van der Waals surface area contributed by atoms with Crippen LogP contribution in [-0.2, 0) is 11.0 Å². The van der Waals surface area contributed by atoms with Gasteiger partial charge in [-0.1, -0.05) is 31.1 Å². The summed E-state index contributed by atoms with van der Waals surface area (Å²) in [5.74, 6) is 0.985. The smallest absolute Gasteiger partial charge is 0.254 e. The SMILES string of the molecule is CC(C)(C)c1ccc(-c2noc(C(C)(C)n3ccnn3)n2)cn1. The van der Waals surface area contributed by atoms with Crippen molar-refractivity contribution in [1.82, 2.24) is 30.1 Å². The number of rotatable bonds is 3. The predicted molar refractivity (Wildman–Crippen MR) is 84.7 cm³/mol. The number of hydrogen-bond donors (Lipinski definition) is 0. The molecule has 3 rings (SSSR count). The van der Waals surface area contributed by atoms with E-state index in [1.54, 1.807) is 23.3 Å². The summed E-state index contributed by atoms with van der Waals surface area (Å²) in [6.45, 7) is 10.3. The second kappa shape index (κ2) is 5.26.